The number of carbonyl (C=O) groups excluding carboxylic acids is 1. The molecule has 0 aliphatic carbocycles. The number of halogens is 3. The van der Waals surface area contributed by atoms with Gasteiger partial charge in [-0.2, -0.15) is 0 Å². The molecule has 0 aliphatic heterocycles. The van der Waals surface area contributed by atoms with Crippen molar-refractivity contribution >= 4 is 33.3 Å². The number of rotatable bonds is 4. The van der Waals surface area contributed by atoms with E-state index in [9.17, 15) is 9.18 Å². The fourth-order valence-electron chi connectivity index (χ4n) is 1.92. The molecule has 0 bridgehead atoms. The molecule has 2 rings (SSSR count). The van der Waals surface area contributed by atoms with Gasteiger partial charge in [0, 0.05) is 4.47 Å². The van der Waals surface area contributed by atoms with E-state index in [1.165, 1.54) is 38.5 Å². The van der Waals surface area contributed by atoms with E-state index in [0.717, 1.165) is 0 Å². The first-order valence-electron chi connectivity index (χ1n) is 5.90. The molecule has 0 heterocycles. The molecule has 0 radical (unpaired) electrons. The van der Waals surface area contributed by atoms with Crippen molar-refractivity contribution in [2.75, 3.05) is 14.2 Å². The molecule has 0 N–H and O–H groups in total. The van der Waals surface area contributed by atoms with Crippen LogP contribution in [0.1, 0.15) is 15.9 Å². The van der Waals surface area contributed by atoms with Crippen LogP contribution >= 0.6 is 27.5 Å². The lowest BCUT2D eigenvalue weighted by Gasteiger charge is -2.13. The van der Waals surface area contributed by atoms with Crippen molar-refractivity contribution in [1.29, 1.82) is 0 Å². The van der Waals surface area contributed by atoms with Crippen LogP contribution in [0.2, 0.25) is 5.02 Å². The summed E-state index contributed by atoms with van der Waals surface area (Å²) < 4.78 is 24.5. The van der Waals surface area contributed by atoms with Crippen LogP contribution in [-0.4, -0.2) is 20.0 Å². The fraction of sp³-hybridized carbons (Fsp3) is 0.133. The van der Waals surface area contributed by atoms with Gasteiger partial charge in [-0.25, -0.2) is 4.39 Å². The van der Waals surface area contributed by atoms with Crippen molar-refractivity contribution in [2.45, 2.75) is 0 Å². The van der Waals surface area contributed by atoms with Crippen molar-refractivity contribution in [2.24, 2.45) is 0 Å². The Balaban J connectivity index is 2.62. The van der Waals surface area contributed by atoms with Gasteiger partial charge >= 0.3 is 0 Å². The Labute approximate surface area is 134 Å². The van der Waals surface area contributed by atoms with Crippen LogP contribution < -0.4 is 9.47 Å². The molecule has 0 unspecified atom stereocenters. The predicted octanol–water partition coefficient (Wildman–Crippen LogP) is 4.49. The first-order chi connectivity index (χ1) is 10.0. The van der Waals surface area contributed by atoms with E-state index in [0.29, 0.717) is 10.2 Å². The summed E-state index contributed by atoms with van der Waals surface area (Å²) >= 11 is 9.30. The van der Waals surface area contributed by atoms with Gasteiger partial charge in [0.25, 0.3) is 0 Å². The van der Waals surface area contributed by atoms with Gasteiger partial charge in [0.15, 0.2) is 5.75 Å². The molecule has 21 heavy (non-hydrogen) atoms. The van der Waals surface area contributed by atoms with Crippen LogP contribution in [-0.2, 0) is 0 Å². The van der Waals surface area contributed by atoms with Crippen molar-refractivity contribution < 1.29 is 18.7 Å². The van der Waals surface area contributed by atoms with Crippen molar-refractivity contribution in [3.8, 4) is 11.5 Å². The summed E-state index contributed by atoms with van der Waals surface area (Å²) in [5.74, 6) is -0.626. The second kappa shape index (κ2) is 6.45. The summed E-state index contributed by atoms with van der Waals surface area (Å²) in [5, 5.41) is 0.165. The molecule has 2 aromatic carbocycles. The maximum absolute atomic E-state index is 13.9. The third-order valence-electron chi connectivity index (χ3n) is 2.92. The molecule has 110 valence electrons. The van der Waals surface area contributed by atoms with Crippen LogP contribution in [0.3, 0.4) is 0 Å². The van der Waals surface area contributed by atoms with E-state index in [4.69, 9.17) is 21.1 Å². The second-order valence-corrected chi connectivity index (χ2v) is 5.32. The van der Waals surface area contributed by atoms with Crippen LogP contribution in [0.25, 0.3) is 0 Å². The maximum atomic E-state index is 13.9. The van der Waals surface area contributed by atoms with Crippen LogP contribution in [0, 0.1) is 5.82 Å². The van der Waals surface area contributed by atoms with Gasteiger partial charge in [-0.3, -0.25) is 4.79 Å². The van der Waals surface area contributed by atoms with E-state index in [-0.39, 0.29) is 21.9 Å². The molecule has 0 aromatic heterocycles. The Morgan fingerprint density at radius 1 is 1.19 bits per heavy atom. The zero-order valence-electron chi connectivity index (χ0n) is 11.2. The van der Waals surface area contributed by atoms with Crippen LogP contribution in [0.15, 0.2) is 34.8 Å². The monoisotopic (exact) mass is 372 g/mol. The highest BCUT2D eigenvalue weighted by Gasteiger charge is 2.23. The number of ether oxygens (including phenoxy) is 2. The topological polar surface area (TPSA) is 35.5 Å². The van der Waals surface area contributed by atoms with Gasteiger partial charge in [-0.1, -0.05) is 17.7 Å². The Kier molecular flexibility index (Phi) is 4.85. The lowest BCUT2D eigenvalue weighted by molar-refractivity contribution is 0.103. The molecule has 0 saturated heterocycles. The minimum Gasteiger partial charge on any atom is -0.495 e. The van der Waals surface area contributed by atoms with Gasteiger partial charge in [-0.15, -0.1) is 0 Å². The lowest BCUT2D eigenvalue weighted by atomic mass is 10.0. The average Bonchev–Trinajstić information content (AvgIpc) is 2.46. The highest BCUT2D eigenvalue weighted by Crippen LogP contribution is 2.38. The average molecular weight is 374 g/mol. The Bertz CT molecular complexity index is 683. The maximum Gasteiger partial charge on any atom is 0.200 e. The smallest absolute Gasteiger partial charge is 0.200 e. The Morgan fingerprint density at radius 3 is 2.48 bits per heavy atom. The first-order valence-corrected chi connectivity index (χ1v) is 7.07. The summed E-state index contributed by atoms with van der Waals surface area (Å²) in [4.78, 5) is 12.6. The standard InChI is InChI=1S/C15H11BrClFO3/c1-20-11-7-6-8(15(21-2)13(11)17)14(19)12-9(16)4-3-5-10(12)18/h3-7H,1-2H3. The van der Waals surface area contributed by atoms with Gasteiger partial charge in [0.2, 0.25) is 5.78 Å². The molecule has 2 aromatic rings. The second-order valence-electron chi connectivity index (χ2n) is 4.09. The van der Waals surface area contributed by atoms with E-state index in [1.807, 2.05) is 0 Å². The van der Waals surface area contributed by atoms with Gasteiger partial charge in [0.05, 0.1) is 25.3 Å². The van der Waals surface area contributed by atoms with Gasteiger partial charge in [0.1, 0.15) is 16.6 Å². The van der Waals surface area contributed by atoms with Crippen LogP contribution in [0.4, 0.5) is 4.39 Å². The summed E-state index contributed by atoms with van der Waals surface area (Å²) in [5.41, 5.74) is 0.0890. The zero-order chi connectivity index (χ0) is 15.6. The normalized spacial score (nSPS) is 10.3. The number of methoxy groups -OCH3 is 2. The molecular formula is C15H11BrClFO3. The zero-order valence-corrected chi connectivity index (χ0v) is 13.6. The van der Waals surface area contributed by atoms with E-state index < -0.39 is 11.6 Å². The highest BCUT2D eigenvalue weighted by atomic mass is 79.9. The third-order valence-corrected chi connectivity index (χ3v) is 3.94. The molecule has 0 fully saturated rings. The number of hydrogen-bond acceptors (Lipinski definition) is 3. The van der Waals surface area contributed by atoms with E-state index >= 15 is 0 Å². The minimum absolute atomic E-state index is 0.0722. The van der Waals surface area contributed by atoms with Crippen molar-refractivity contribution in [3.63, 3.8) is 0 Å². The molecule has 0 saturated carbocycles. The largest absolute Gasteiger partial charge is 0.495 e. The van der Waals surface area contributed by atoms with Crippen molar-refractivity contribution in [3.05, 3.63) is 56.8 Å². The van der Waals surface area contributed by atoms with E-state index in [1.54, 1.807) is 6.07 Å². The number of hydrogen-bond donors (Lipinski definition) is 0. The molecule has 0 aliphatic rings. The lowest BCUT2D eigenvalue weighted by Crippen LogP contribution is -2.08. The SMILES string of the molecule is COc1ccc(C(=O)c2c(F)cccc2Br)c(OC)c1Cl. The Hall–Kier alpha value is -1.59. The summed E-state index contributed by atoms with van der Waals surface area (Å²) in [7, 11) is 2.84. The minimum atomic E-state index is -0.622. The molecule has 0 atom stereocenters. The highest BCUT2D eigenvalue weighted by molar-refractivity contribution is 9.10. The first kappa shape index (κ1) is 15.8. The number of carbonyl (C=O) groups is 1. The number of ketones is 1. The molecule has 3 nitrogen and oxygen atoms in total. The van der Waals surface area contributed by atoms with Crippen molar-refractivity contribution in [1.82, 2.24) is 0 Å². The van der Waals surface area contributed by atoms with Gasteiger partial charge < -0.3 is 9.47 Å². The fourth-order valence-corrected chi connectivity index (χ4v) is 2.76. The Morgan fingerprint density at radius 2 is 1.90 bits per heavy atom. The molecule has 6 heteroatoms. The molecule has 0 spiro atoms. The van der Waals surface area contributed by atoms with Crippen LogP contribution in [0.5, 0.6) is 11.5 Å². The summed E-state index contributed by atoms with van der Waals surface area (Å²) in [6, 6.07) is 7.34. The molecule has 0 amide bonds. The number of benzene rings is 2. The summed E-state index contributed by atoms with van der Waals surface area (Å²) in [6.07, 6.45) is 0. The van der Waals surface area contributed by atoms with E-state index in [2.05, 4.69) is 15.9 Å². The van der Waals surface area contributed by atoms with Gasteiger partial charge in [-0.05, 0) is 40.2 Å². The quantitative estimate of drug-likeness (QED) is 0.741. The third kappa shape index (κ3) is 2.89. The summed E-state index contributed by atoms with van der Waals surface area (Å²) in [6.45, 7) is 0. The molecular weight excluding hydrogens is 363 g/mol. The predicted molar refractivity (Wildman–Crippen MR) is 82.1 cm³/mol.